The summed E-state index contributed by atoms with van der Waals surface area (Å²) in [4.78, 5) is 11.7. The molecule has 122 valence electrons. The standard InChI is InChI=1S/C17H32N2O2/c1-17(2,3)21-16(20)19-15-9-7-14(8-10-15)18-12-11-13-5-4-6-13/h13-15,18H,4-12H2,1-3H3,(H,19,20). The maximum absolute atomic E-state index is 11.7. The van der Waals surface area contributed by atoms with Gasteiger partial charge >= 0.3 is 6.09 Å². The van der Waals surface area contributed by atoms with Crippen molar-refractivity contribution >= 4 is 6.09 Å². The average molecular weight is 296 g/mol. The molecule has 0 atom stereocenters. The van der Waals surface area contributed by atoms with Gasteiger partial charge in [-0.2, -0.15) is 0 Å². The Morgan fingerprint density at radius 1 is 1.05 bits per heavy atom. The summed E-state index contributed by atoms with van der Waals surface area (Å²) in [5.74, 6) is 0.989. The van der Waals surface area contributed by atoms with Crippen molar-refractivity contribution in [2.75, 3.05) is 6.54 Å². The van der Waals surface area contributed by atoms with Crippen LogP contribution in [0.5, 0.6) is 0 Å². The molecule has 0 spiro atoms. The van der Waals surface area contributed by atoms with E-state index in [0.717, 1.165) is 31.6 Å². The van der Waals surface area contributed by atoms with Crippen LogP contribution in [0.15, 0.2) is 0 Å². The van der Waals surface area contributed by atoms with Crippen LogP contribution in [-0.4, -0.2) is 30.3 Å². The van der Waals surface area contributed by atoms with Crippen LogP contribution in [0.2, 0.25) is 0 Å². The van der Waals surface area contributed by atoms with Gasteiger partial charge < -0.3 is 15.4 Å². The van der Waals surface area contributed by atoms with Crippen LogP contribution < -0.4 is 10.6 Å². The number of carbonyl (C=O) groups is 1. The minimum Gasteiger partial charge on any atom is -0.444 e. The summed E-state index contributed by atoms with van der Waals surface area (Å²) in [6.45, 7) is 6.86. The first-order valence-corrected chi connectivity index (χ1v) is 8.65. The van der Waals surface area contributed by atoms with Crippen LogP contribution in [0.1, 0.15) is 72.1 Å². The molecule has 0 aromatic heterocycles. The molecule has 1 amide bonds. The molecular weight excluding hydrogens is 264 g/mol. The molecule has 21 heavy (non-hydrogen) atoms. The predicted octanol–water partition coefficient (Wildman–Crippen LogP) is 3.60. The molecule has 0 aromatic rings. The summed E-state index contributed by atoms with van der Waals surface area (Å²) in [6.07, 6.45) is 9.81. The van der Waals surface area contributed by atoms with E-state index in [9.17, 15) is 4.79 Å². The molecule has 2 aliphatic rings. The fourth-order valence-electron chi connectivity index (χ4n) is 3.19. The minimum atomic E-state index is -0.412. The fourth-order valence-corrected chi connectivity index (χ4v) is 3.19. The molecule has 0 unspecified atom stereocenters. The molecule has 2 saturated carbocycles. The van der Waals surface area contributed by atoms with Gasteiger partial charge in [-0.25, -0.2) is 4.79 Å². The van der Waals surface area contributed by atoms with E-state index in [-0.39, 0.29) is 12.1 Å². The van der Waals surface area contributed by atoms with Crippen LogP contribution in [0, 0.1) is 5.92 Å². The van der Waals surface area contributed by atoms with Gasteiger partial charge in [0.25, 0.3) is 0 Å². The summed E-state index contributed by atoms with van der Waals surface area (Å²) in [5.41, 5.74) is -0.412. The van der Waals surface area contributed by atoms with Crippen molar-refractivity contribution in [1.82, 2.24) is 10.6 Å². The minimum absolute atomic E-state index is 0.274. The van der Waals surface area contributed by atoms with E-state index in [2.05, 4.69) is 10.6 Å². The molecule has 2 rings (SSSR count). The highest BCUT2D eigenvalue weighted by molar-refractivity contribution is 5.68. The Morgan fingerprint density at radius 3 is 2.19 bits per heavy atom. The van der Waals surface area contributed by atoms with E-state index >= 15 is 0 Å². The lowest BCUT2D eigenvalue weighted by Crippen LogP contribution is -2.44. The first-order valence-electron chi connectivity index (χ1n) is 8.65. The zero-order valence-corrected chi connectivity index (χ0v) is 13.9. The number of ether oxygens (including phenoxy) is 1. The Kier molecular flexibility index (Phi) is 5.91. The Morgan fingerprint density at radius 2 is 1.67 bits per heavy atom. The van der Waals surface area contributed by atoms with Crippen molar-refractivity contribution in [3.8, 4) is 0 Å². The topological polar surface area (TPSA) is 50.4 Å². The Balaban J connectivity index is 1.56. The van der Waals surface area contributed by atoms with Gasteiger partial charge in [-0.1, -0.05) is 19.3 Å². The second-order valence-electron chi connectivity index (χ2n) is 7.73. The summed E-state index contributed by atoms with van der Waals surface area (Å²) < 4.78 is 5.31. The molecule has 2 fully saturated rings. The molecule has 2 N–H and O–H groups in total. The quantitative estimate of drug-likeness (QED) is 0.815. The average Bonchev–Trinajstić information content (AvgIpc) is 2.32. The van der Waals surface area contributed by atoms with E-state index in [1.54, 1.807) is 0 Å². The molecule has 4 nitrogen and oxygen atoms in total. The first kappa shape index (κ1) is 16.6. The van der Waals surface area contributed by atoms with E-state index < -0.39 is 5.60 Å². The largest absolute Gasteiger partial charge is 0.444 e. The Labute approximate surface area is 129 Å². The molecule has 0 aliphatic heterocycles. The molecule has 0 radical (unpaired) electrons. The summed E-state index contributed by atoms with van der Waals surface area (Å²) in [7, 11) is 0. The van der Waals surface area contributed by atoms with E-state index in [4.69, 9.17) is 4.74 Å². The number of nitrogens with one attached hydrogen (secondary N) is 2. The number of amides is 1. The fraction of sp³-hybridized carbons (Fsp3) is 0.941. The normalized spacial score (nSPS) is 27.0. The zero-order chi connectivity index (χ0) is 15.3. The van der Waals surface area contributed by atoms with E-state index in [1.165, 1.54) is 32.2 Å². The van der Waals surface area contributed by atoms with Gasteiger partial charge in [0.1, 0.15) is 5.60 Å². The molecule has 2 aliphatic carbocycles. The van der Waals surface area contributed by atoms with Gasteiger partial charge in [0.15, 0.2) is 0 Å². The highest BCUT2D eigenvalue weighted by Crippen LogP contribution is 2.29. The van der Waals surface area contributed by atoms with Crippen molar-refractivity contribution in [1.29, 1.82) is 0 Å². The smallest absolute Gasteiger partial charge is 0.407 e. The van der Waals surface area contributed by atoms with E-state index in [0.29, 0.717) is 6.04 Å². The third kappa shape index (κ3) is 6.25. The van der Waals surface area contributed by atoms with Crippen molar-refractivity contribution in [3.63, 3.8) is 0 Å². The maximum atomic E-state index is 11.7. The lowest BCUT2D eigenvalue weighted by molar-refractivity contribution is 0.0489. The number of alkyl carbamates (subject to hydrolysis) is 1. The van der Waals surface area contributed by atoms with Crippen LogP contribution in [0.3, 0.4) is 0 Å². The maximum Gasteiger partial charge on any atom is 0.407 e. The number of rotatable bonds is 5. The highest BCUT2D eigenvalue weighted by atomic mass is 16.6. The van der Waals surface area contributed by atoms with Gasteiger partial charge in [0.2, 0.25) is 0 Å². The Bertz CT molecular complexity index is 326. The second-order valence-corrected chi connectivity index (χ2v) is 7.73. The Hall–Kier alpha value is -0.770. The van der Waals surface area contributed by atoms with Gasteiger partial charge in [0.05, 0.1) is 0 Å². The number of hydrogen-bond acceptors (Lipinski definition) is 3. The highest BCUT2D eigenvalue weighted by Gasteiger charge is 2.25. The number of hydrogen-bond donors (Lipinski definition) is 2. The number of carbonyl (C=O) groups excluding carboxylic acids is 1. The molecule has 0 aromatic carbocycles. The van der Waals surface area contributed by atoms with Crippen molar-refractivity contribution in [2.45, 2.75) is 89.8 Å². The van der Waals surface area contributed by atoms with Crippen LogP contribution >= 0.6 is 0 Å². The van der Waals surface area contributed by atoms with Gasteiger partial charge in [-0.15, -0.1) is 0 Å². The lowest BCUT2D eigenvalue weighted by atomic mass is 9.83. The van der Waals surface area contributed by atoms with Crippen molar-refractivity contribution in [2.24, 2.45) is 5.92 Å². The predicted molar refractivity (Wildman–Crippen MR) is 85.4 cm³/mol. The molecule has 0 saturated heterocycles. The van der Waals surface area contributed by atoms with Crippen LogP contribution in [0.4, 0.5) is 4.79 Å². The first-order chi connectivity index (χ1) is 9.92. The summed E-state index contributed by atoms with van der Waals surface area (Å²) >= 11 is 0. The summed E-state index contributed by atoms with van der Waals surface area (Å²) in [5, 5.41) is 6.69. The molecule has 0 bridgehead atoms. The molecule has 4 heteroatoms. The van der Waals surface area contributed by atoms with Gasteiger partial charge in [-0.05, 0) is 65.3 Å². The monoisotopic (exact) mass is 296 g/mol. The second kappa shape index (κ2) is 7.48. The van der Waals surface area contributed by atoms with Crippen molar-refractivity contribution in [3.05, 3.63) is 0 Å². The third-order valence-electron chi connectivity index (χ3n) is 4.66. The van der Waals surface area contributed by atoms with Crippen LogP contribution in [-0.2, 0) is 4.74 Å². The molecule has 0 heterocycles. The van der Waals surface area contributed by atoms with Crippen molar-refractivity contribution < 1.29 is 9.53 Å². The zero-order valence-electron chi connectivity index (χ0n) is 13.9. The van der Waals surface area contributed by atoms with Gasteiger partial charge in [0, 0.05) is 12.1 Å². The summed E-state index contributed by atoms with van der Waals surface area (Å²) in [6, 6.07) is 0.922. The third-order valence-corrected chi connectivity index (χ3v) is 4.66. The van der Waals surface area contributed by atoms with Crippen LogP contribution in [0.25, 0.3) is 0 Å². The SMILES string of the molecule is CC(C)(C)OC(=O)NC1CCC(NCCC2CCC2)CC1. The van der Waals surface area contributed by atoms with E-state index in [1.807, 2.05) is 20.8 Å². The molecular formula is C17H32N2O2. The van der Waals surface area contributed by atoms with Gasteiger partial charge in [-0.3, -0.25) is 0 Å². The lowest BCUT2D eigenvalue weighted by Gasteiger charge is -2.31.